The van der Waals surface area contributed by atoms with Gasteiger partial charge in [-0.1, -0.05) is 20.8 Å². The maximum Gasteiger partial charge on any atom is 0.156 e. The highest BCUT2D eigenvalue weighted by atomic mass is 19.1. The molecule has 0 aliphatic carbocycles. The van der Waals surface area contributed by atoms with E-state index < -0.39 is 6.67 Å². The van der Waals surface area contributed by atoms with Gasteiger partial charge in [0.1, 0.15) is 6.67 Å². The van der Waals surface area contributed by atoms with E-state index in [1.807, 2.05) is 20.8 Å². The Labute approximate surface area is 70.8 Å². The number of nitrogens with zero attached hydrogens (tertiary/aromatic N) is 4. The summed E-state index contributed by atoms with van der Waals surface area (Å²) in [6.45, 7) is 5.78. The number of alkyl halides is 1. The smallest absolute Gasteiger partial charge is 0.156 e. The number of halogens is 1. The number of aryl methyl sites for hydroxylation is 1. The number of hydrogen-bond acceptors (Lipinski definition) is 3. The Kier molecular flexibility index (Phi) is 2.40. The van der Waals surface area contributed by atoms with E-state index in [-0.39, 0.29) is 12.0 Å². The minimum atomic E-state index is -0.436. The summed E-state index contributed by atoms with van der Waals surface area (Å²) in [5, 5.41) is 11.0. The number of hydrogen-bond donors (Lipinski definition) is 0. The molecule has 0 unspecified atom stereocenters. The third kappa shape index (κ3) is 1.78. The van der Waals surface area contributed by atoms with Gasteiger partial charge in [-0.25, -0.2) is 9.07 Å². The Morgan fingerprint density at radius 3 is 2.58 bits per heavy atom. The second-order valence-corrected chi connectivity index (χ2v) is 3.66. The highest BCUT2D eigenvalue weighted by Crippen LogP contribution is 2.18. The molecule has 5 heteroatoms. The van der Waals surface area contributed by atoms with Gasteiger partial charge in [0.05, 0.1) is 6.54 Å². The summed E-state index contributed by atoms with van der Waals surface area (Å²) in [4.78, 5) is 0. The number of rotatable bonds is 2. The topological polar surface area (TPSA) is 43.6 Å². The molecule has 0 aliphatic heterocycles. The van der Waals surface area contributed by atoms with Crippen LogP contribution in [-0.4, -0.2) is 26.9 Å². The van der Waals surface area contributed by atoms with Gasteiger partial charge in [0.2, 0.25) is 0 Å². The molecule has 0 saturated heterocycles. The first-order valence-electron chi connectivity index (χ1n) is 3.88. The van der Waals surface area contributed by atoms with Crippen LogP contribution in [0.2, 0.25) is 0 Å². The first-order chi connectivity index (χ1) is 5.55. The molecule has 0 radical (unpaired) electrons. The normalized spacial score (nSPS) is 12.0. The van der Waals surface area contributed by atoms with E-state index in [2.05, 4.69) is 15.5 Å². The second kappa shape index (κ2) is 3.16. The van der Waals surface area contributed by atoms with Crippen molar-refractivity contribution < 1.29 is 4.39 Å². The standard InChI is InChI=1S/C7H13FN4/c1-7(2,3)6-9-10-11-12(6)5-4-8/h4-5H2,1-3H3. The van der Waals surface area contributed by atoms with Crippen molar-refractivity contribution in [3.05, 3.63) is 5.82 Å². The Bertz CT molecular complexity index is 250. The van der Waals surface area contributed by atoms with Crippen LogP contribution in [0.5, 0.6) is 0 Å². The molecule has 0 bridgehead atoms. The van der Waals surface area contributed by atoms with Gasteiger partial charge in [-0.3, -0.25) is 0 Å². The van der Waals surface area contributed by atoms with Crippen molar-refractivity contribution in [3.8, 4) is 0 Å². The van der Waals surface area contributed by atoms with Gasteiger partial charge in [-0.05, 0) is 10.4 Å². The fourth-order valence-corrected chi connectivity index (χ4v) is 0.972. The lowest BCUT2D eigenvalue weighted by Gasteiger charge is -2.16. The lowest BCUT2D eigenvalue weighted by atomic mass is 9.96. The number of tetrazole rings is 1. The molecule has 1 heterocycles. The summed E-state index contributed by atoms with van der Waals surface area (Å²) in [5.41, 5.74) is -0.126. The third-order valence-electron chi connectivity index (χ3n) is 1.50. The zero-order valence-corrected chi connectivity index (χ0v) is 7.58. The Hall–Kier alpha value is -1.00. The second-order valence-electron chi connectivity index (χ2n) is 3.66. The molecule has 1 aromatic heterocycles. The Balaban J connectivity index is 2.91. The van der Waals surface area contributed by atoms with Crippen molar-refractivity contribution in [1.29, 1.82) is 0 Å². The molecule has 0 fully saturated rings. The van der Waals surface area contributed by atoms with Crippen LogP contribution in [0, 0.1) is 0 Å². The predicted octanol–water partition coefficient (Wildman–Crippen LogP) is 0.940. The quantitative estimate of drug-likeness (QED) is 0.666. The Morgan fingerprint density at radius 2 is 2.08 bits per heavy atom. The summed E-state index contributed by atoms with van der Waals surface area (Å²) < 4.78 is 13.5. The lowest BCUT2D eigenvalue weighted by molar-refractivity contribution is 0.394. The fraction of sp³-hybridized carbons (Fsp3) is 0.857. The van der Waals surface area contributed by atoms with Crippen LogP contribution in [0.25, 0.3) is 0 Å². The molecule has 1 aromatic rings. The molecule has 68 valence electrons. The van der Waals surface area contributed by atoms with E-state index in [0.29, 0.717) is 0 Å². The SMILES string of the molecule is CC(C)(C)c1nnnn1CCF. The summed E-state index contributed by atoms with van der Waals surface area (Å²) in [5.74, 6) is 0.722. The van der Waals surface area contributed by atoms with E-state index in [4.69, 9.17) is 0 Å². The van der Waals surface area contributed by atoms with Gasteiger partial charge < -0.3 is 0 Å². The fourth-order valence-electron chi connectivity index (χ4n) is 0.972. The van der Waals surface area contributed by atoms with E-state index in [9.17, 15) is 4.39 Å². The molecule has 1 rings (SSSR count). The molecule has 0 N–H and O–H groups in total. The highest BCUT2D eigenvalue weighted by molar-refractivity contribution is 4.98. The minimum Gasteiger partial charge on any atom is -0.249 e. The van der Waals surface area contributed by atoms with Gasteiger partial charge in [0.15, 0.2) is 5.82 Å². The van der Waals surface area contributed by atoms with Crippen LogP contribution in [0.3, 0.4) is 0 Å². The maximum atomic E-state index is 12.0. The lowest BCUT2D eigenvalue weighted by Crippen LogP contribution is -2.20. The maximum absolute atomic E-state index is 12.0. The number of aromatic nitrogens is 4. The van der Waals surface area contributed by atoms with Crippen molar-refractivity contribution in [1.82, 2.24) is 20.2 Å². The van der Waals surface area contributed by atoms with E-state index >= 15 is 0 Å². The van der Waals surface area contributed by atoms with Crippen LogP contribution >= 0.6 is 0 Å². The van der Waals surface area contributed by atoms with Crippen molar-refractivity contribution in [3.63, 3.8) is 0 Å². The van der Waals surface area contributed by atoms with Crippen LogP contribution in [0.4, 0.5) is 4.39 Å². The van der Waals surface area contributed by atoms with E-state index in [0.717, 1.165) is 5.82 Å². The largest absolute Gasteiger partial charge is 0.249 e. The summed E-state index contributed by atoms with van der Waals surface area (Å²) in [7, 11) is 0. The van der Waals surface area contributed by atoms with Crippen LogP contribution in [0.1, 0.15) is 26.6 Å². The summed E-state index contributed by atoms with van der Waals surface area (Å²) >= 11 is 0. The van der Waals surface area contributed by atoms with Crippen molar-refractivity contribution >= 4 is 0 Å². The average Bonchev–Trinajstić information content (AvgIpc) is 2.34. The van der Waals surface area contributed by atoms with Gasteiger partial charge in [0.25, 0.3) is 0 Å². The van der Waals surface area contributed by atoms with Crippen LogP contribution in [-0.2, 0) is 12.0 Å². The zero-order chi connectivity index (χ0) is 9.19. The van der Waals surface area contributed by atoms with E-state index in [1.165, 1.54) is 4.68 Å². The molecule has 0 spiro atoms. The monoisotopic (exact) mass is 172 g/mol. The first kappa shape index (κ1) is 9.09. The average molecular weight is 172 g/mol. The first-order valence-corrected chi connectivity index (χ1v) is 3.88. The minimum absolute atomic E-state index is 0.126. The van der Waals surface area contributed by atoms with Crippen LogP contribution < -0.4 is 0 Å². The molecular weight excluding hydrogens is 159 g/mol. The van der Waals surface area contributed by atoms with E-state index in [1.54, 1.807) is 0 Å². The third-order valence-corrected chi connectivity index (χ3v) is 1.50. The van der Waals surface area contributed by atoms with Crippen molar-refractivity contribution in [2.45, 2.75) is 32.7 Å². The molecular formula is C7H13FN4. The molecule has 0 amide bonds. The highest BCUT2D eigenvalue weighted by Gasteiger charge is 2.21. The molecule has 0 atom stereocenters. The summed E-state index contributed by atoms with van der Waals surface area (Å²) in [6, 6.07) is 0. The molecule has 4 nitrogen and oxygen atoms in total. The van der Waals surface area contributed by atoms with Crippen LogP contribution in [0.15, 0.2) is 0 Å². The van der Waals surface area contributed by atoms with Gasteiger partial charge in [-0.2, -0.15) is 0 Å². The zero-order valence-electron chi connectivity index (χ0n) is 7.58. The van der Waals surface area contributed by atoms with Gasteiger partial charge in [0, 0.05) is 5.41 Å². The van der Waals surface area contributed by atoms with Gasteiger partial charge >= 0.3 is 0 Å². The van der Waals surface area contributed by atoms with Crippen molar-refractivity contribution in [2.24, 2.45) is 0 Å². The molecule has 0 saturated carbocycles. The predicted molar refractivity (Wildman–Crippen MR) is 42.5 cm³/mol. The Morgan fingerprint density at radius 1 is 1.42 bits per heavy atom. The van der Waals surface area contributed by atoms with Crippen molar-refractivity contribution in [2.75, 3.05) is 6.67 Å². The molecule has 0 aliphatic rings. The molecule has 12 heavy (non-hydrogen) atoms. The summed E-state index contributed by atoms with van der Waals surface area (Å²) in [6.07, 6.45) is 0. The van der Waals surface area contributed by atoms with Gasteiger partial charge in [-0.15, -0.1) is 5.10 Å². The molecule has 0 aromatic carbocycles.